The number of ether oxygens (including phenoxy) is 16. The molecule has 0 aromatic rings. The van der Waals surface area contributed by atoms with Crippen molar-refractivity contribution in [2.24, 2.45) is 50.2 Å². The third-order valence-corrected chi connectivity index (χ3v) is 31.5. The molecular weight excluding hydrogens is 1700 g/mol. The molecule has 22 N–H and O–H groups in total. The standard InChI is InChI=1S/C87H143NO40/c1-10-11-12-13-14-15-16-17-18-19-28-88-71(110)67-60(106)65(123-72-57(103)51(97)42(93)33-113-72)69(127-75-59(105)55(101)53(99)45(32-90)119-75)78(125-67)120-49-23-24-82(6)46(83(49,7)35-91)22-25-84(8)47(82)21-20-40-41-29-81(4,5)26-27-87(41,48(95)30-85(40,84)9)80(111)128-77-68(56(102)50(96)38(2)116-77)126-76-62(108)66(124-74-58(104)54(100)52(98)44(31-89)118-74)63(39(3)117-76)121-73-61(107)64(43(94)34-114-73)122-79-70(109)86(112,36-92)37-115-79/h20,35,38-39,41-70,72-79,89-90,92-109,112H,10-19,21-34,36-37H2,1-9H3,(H,88,110)/t38-,39-,41+,42-,43-,44-,45-,46-,47-,48-,49+,50+,51+,52-,53+,54+,55+,56+,57-,58-,59-,60+,61-,62-,63+,64+,65+,66+,67+,68-,69-,70+,72+,73+,74+,75+,76+,77+,78-,79+,82+,83+,84-,85-,86-,87-/m1/s1. The van der Waals surface area contributed by atoms with Crippen LogP contribution in [0.4, 0.5) is 0 Å². The molecule has 0 bridgehead atoms. The number of aldehydes is 1. The van der Waals surface area contributed by atoms with Gasteiger partial charge in [-0.2, -0.15) is 0 Å². The molecule has 0 spiro atoms. The van der Waals surface area contributed by atoms with Crippen LogP contribution in [-0.4, -0.2) is 405 Å². The highest BCUT2D eigenvalue weighted by molar-refractivity contribution is 5.82. The van der Waals surface area contributed by atoms with Crippen LogP contribution in [0.1, 0.15) is 184 Å². The fourth-order valence-electron chi connectivity index (χ4n) is 23.4. The Kier molecular flexibility index (Phi) is 33.0. The van der Waals surface area contributed by atoms with Crippen LogP contribution in [0.15, 0.2) is 11.6 Å². The van der Waals surface area contributed by atoms with Crippen molar-refractivity contribution in [3.63, 3.8) is 0 Å². The Balaban J connectivity index is 0.759. The van der Waals surface area contributed by atoms with Gasteiger partial charge in [0.15, 0.2) is 56.2 Å². The lowest BCUT2D eigenvalue weighted by Gasteiger charge is -2.71. The predicted molar refractivity (Wildman–Crippen MR) is 432 cm³/mol. The molecular formula is C87H143NO40. The molecule has 0 unspecified atom stereocenters. The zero-order valence-electron chi connectivity index (χ0n) is 74.3. The van der Waals surface area contributed by atoms with Crippen LogP contribution in [0, 0.1) is 50.2 Å². The molecule has 4 saturated carbocycles. The number of nitrogens with one attached hydrogen (secondary N) is 1. The zero-order chi connectivity index (χ0) is 93.1. The van der Waals surface area contributed by atoms with Gasteiger partial charge in [-0.05, 0) is 117 Å². The number of carbonyl (C=O) groups is 3. The van der Waals surface area contributed by atoms with E-state index in [2.05, 4.69) is 52.9 Å². The molecule has 8 heterocycles. The number of aliphatic hydroxyl groups excluding tert-OH is 20. The Labute approximate surface area is 743 Å². The molecule has 0 aromatic heterocycles. The number of hydrogen-bond donors (Lipinski definition) is 22. The summed E-state index contributed by atoms with van der Waals surface area (Å²) in [6, 6.07) is 0. The minimum atomic E-state index is -2.21. The molecule has 0 aromatic carbocycles. The highest BCUT2D eigenvalue weighted by Crippen LogP contribution is 2.76. The summed E-state index contributed by atoms with van der Waals surface area (Å²) in [6.07, 6.45) is -51.9. The lowest BCUT2D eigenvalue weighted by Crippen LogP contribution is -2.70. The number of amides is 1. The number of esters is 1. The SMILES string of the molecule is CCCCCCCCCCCCNC(=O)[C@H]1O[C@@H](O[C@H]2CC[C@]3(C)[C@H]4CC=C5[C@@H]6CC(C)(C)CC[C@]6(C(=O)O[C@@H]6O[C@H](C)[C@H](O)[C@H](O)[C@H]6O[C@@H]6O[C@H](C)[C@H](O[C@@H]7OC[C@@H](O)[C@H](O[C@@H]8OC[C@](O)(CO)[C@H]8O)[C@H]7O)[C@@H](O[C@@H]7O[C@H](CO)[C@@H](O)[C@H](O)[C@H]7O)[C@H]6O)[C@H](O)C[C@@]5(C)[C@]4(C)CC[C@H]3[C@]2(C)C=O)[C@H](O[C@@H]2O[C@H](CO)[C@H](O)[C@H](O)[C@H]2O)[C@@H](O[C@@H]2OC[C@@H](O)[C@H](O)[C@H]2O)[C@@H]1O. The monoisotopic (exact) mass is 1840 g/mol. The van der Waals surface area contributed by atoms with Crippen molar-refractivity contribution < 1.29 is 197 Å². The summed E-state index contributed by atoms with van der Waals surface area (Å²) < 4.78 is 98.5. The van der Waals surface area contributed by atoms with Crippen LogP contribution >= 0.6 is 0 Å². The van der Waals surface area contributed by atoms with Crippen LogP contribution in [-0.2, 0) is 90.2 Å². The van der Waals surface area contributed by atoms with Gasteiger partial charge >= 0.3 is 5.97 Å². The summed E-state index contributed by atoms with van der Waals surface area (Å²) in [6.45, 7) is 12.8. The van der Waals surface area contributed by atoms with Crippen LogP contribution in [0.5, 0.6) is 0 Å². The quantitative estimate of drug-likeness (QED) is 0.00991. The van der Waals surface area contributed by atoms with Crippen molar-refractivity contribution in [2.75, 3.05) is 46.2 Å². The van der Waals surface area contributed by atoms with E-state index in [1.807, 2.05) is 0 Å². The van der Waals surface area contributed by atoms with E-state index in [0.29, 0.717) is 44.9 Å². The Hall–Kier alpha value is -3.09. The van der Waals surface area contributed by atoms with E-state index in [0.717, 1.165) is 56.8 Å². The van der Waals surface area contributed by atoms with Crippen molar-refractivity contribution in [2.45, 2.75) is 417 Å². The van der Waals surface area contributed by atoms with E-state index >= 15 is 4.79 Å². The molecule has 0 radical (unpaired) electrons. The smallest absolute Gasteiger partial charge is 0.317 e. The first kappa shape index (κ1) is 102. The van der Waals surface area contributed by atoms with E-state index in [4.69, 9.17) is 75.8 Å². The fraction of sp³-hybridized carbons (Fsp3) is 0.943. The van der Waals surface area contributed by atoms with E-state index in [1.165, 1.54) is 26.7 Å². The number of aliphatic hydroxyl groups is 21. The van der Waals surface area contributed by atoms with E-state index < -0.39 is 329 Å². The second-order valence-corrected chi connectivity index (χ2v) is 40.2. The van der Waals surface area contributed by atoms with Gasteiger partial charge in [0.05, 0.1) is 69.5 Å². The zero-order valence-corrected chi connectivity index (χ0v) is 74.3. The first-order valence-electron chi connectivity index (χ1n) is 46.0. The maximum absolute atomic E-state index is 16.2. The third-order valence-electron chi connectivity index (χ3n) is 31.5. The molecule has 8 saturated heterocycles. The molecule has 1 amide bonds. The van der Waals surface area contributed by atoms with E-state index in [9.17, 15) is 117 Å². The molecule has 8 aliphatic heterocycles. The Morgan fingerprint density at radius 1 is 0.484 bits per heavy atom. The van der Waals surface area contributed by atoms with Crippen LogP contribution in [0.2, 0.25) is 0 Å². The molecule has 46 atom stereocenters. The minimum Gasteiger partial charge on any atom is -0.432 e. The normalized spacial score (nSPS) is 50.8. The largest absolute Gasteiger partial charge is 0.432 e. The van der Waals surface area contributed by atoms with Gasteiger partial charge in [0.2, 0.25) is 6.29 Å². The maximum atomic E-state index is 16.2. The number of hydrogen-bond acceptors (Lipinski definition) is 40. The molecule has 736 valence electrons. The maximum Gasteiger partial charge on any atom is 0.317 e. The van der Waals surface area contributed by atoms with Crippen molar-refractivity contribution in [1.29, 1.82) is 0 Å². The van der Waals surface area contributed by atoms with Crippen LogP contribution in [0.25, 0.3) is 0 Å². The summed E-state index contributed by atoms with van der Waals surface area (Å²) >= 11 is 0. The first-order valence-corrected chi connectivity index (χ1v) is 46.0. The Bertz CT molecular complexity index is 3670. The number of carbonyl (C=O) groups excluding carboxylic acids is 3. The topological polar surface area (TPSA) is 636 Å². The number of fused-ring (bicyclic) bond motifs is 7. The van der Waals surface area contributed by atoms with Gasteiger partial charge in [-0.15, -0.1) is 0 Å². The van der Waals surface area contributed by atoms with Crippen molar-refractivity contribution in [1.82, 2.24) is 5.32 Å². The van der Waals surface area contributed by atoms with Gasteiger partial charge < -0.3 is 193 Å². The molecule has 12 fully saturated rings. The summed E-state index contributed by atoms with van der Waals surface area (Å²) in [5, 5.41) is 239. The van der Waals surface area contributed by atoms with E-state index in [1.54, 1.807) is 6.92 Å². The van der Waals surface area contributed by atoms with Crippen molar-refractivity contribution in [3.05, 3.63) is 11.6 Å². The average molecular weight is 1840 g/mol. The Morgan fingerprint density at radius 3 is 1.63 bits per heavy atom. The minimum absolute atomic E-state index is 0.00216. The summed E-state index contributed by atoms with van der Waals surface area (Å²) in [4.78, 5) is 45.4. The van der Waals surface area contributed by atoms with Crippen LogP contribution < -0.4 is 5.32 Å². The number of allylic oxidation sites excluding steroid dienone is 2. The summed E-state index contributed by atoms with van der Waals surface area (Å²) in [7, 11) is 0. The Morgan fingerprint density at radius 2 is 1.02 bits per heavy atom. The molecule has 41 heteroatoms. The van der Waals surface area contributed by atoms with E-state index in [-0.39, 0.29) is 31.7 Å². The first-order chi connectivity index (χ1) is 60.5. The second-order valence-electron chi connectivity index (χ2n) is 40.2. The highest BCUT2D eigenvalue weighted by atomic mass is 16.8. The number of unbranched alkanes of at least 4 members (excludes halogenated alkanes) is 9. The van der Waals surface area contributed by atoms with Gasteiger partial charge in [-0.25, -0.2) is 0 Å². The molecule has 13 rings (SSSR count). The predicted octanol–water partition coefficient (Wildman–Crippen LogP) is -4.57. The third kappa shape index (κ3) is 19.4. The highest BCUT2D eigenvalue weighted by Gasteiger charge is 2.74. The summed E-state index contributed by atoms with van der Waals surface area (Å²) in [5.41, 5.74) is -7.26. The van der Waals surface area contributed by atoms with Gasteiger partial charge in [-0.1, -0.05) is 118 Å². The van der Waals surface area contributed by atoms with Crippen molar-refractivity contribution in [3.8, 4) is 0 Å². The second kappa shape index (κ2) is 41.3. The molecule has 41 nitrogen and oxygen atoms in total. The average Bonchev–Trinajstić information content (AvgIpc) is 0.711. The van der Waals surface area contributed by atoms with Gasteiger partial charge in [0.1, 0.15) is 158 Å². The molecule has 5 aliphatic carbocycles. The lowest BCUT2D eigenvalue weighted by atomic mass is 9.33. The summed E-state index contributed by atoms with van der Waals surface area (Å²) in [5.74, 6) is -3.28. The van der Waals surface area contributed by atoms with Gasteiger partial charge in [0.25, 0.3) is 5.91 Å². The van der Waals surface area contributed by atoms with Gasteiger partial charge in [-0.3, -0.25) is 9.59 Å². The van der Waals surface area contributed by atoms with Crippen molar-refractivity contribution >= 4 is 18.2 Å². The fourth-order valence-corrected chi connectivity index (χ4v) is 23.4. The lowest BCUT2D eigenvalue weighted by molar-refractivity contribution is -0.396. The molecule has 13 aliphatic rings. The number of rotatable bonds is 32. The van der Waals surface area contributed by atoms with Crippen LogP contribution in [0.3, 0.4) is 0 Å². The van der Waals surface area contributed by atoms with Gasteiger partial charge in [0, 0.05) is 6.54 Å². The molecule has 128 heavy (non-hydrogen) atoms.